The Balaban J connectivity index is 1.79. The molecule has 1 aliphatic heterocycles. The van der Waals surface area contributed by atoms with Crippen molar-refractivity contribution in [1.82, 2.24) is 0 Å². The third kappa shape index (κ3) is 3.41. The molecular weight excluding hydrogens is 428 g/mol. The lowest BCUT2D eigenvalue weighted by molar-refractivity contribution is -0.135. The first-order valence-corrected chi connectivity index (χ1v) is 10.1. The number of phenolic OH excluding ortho intramolecular Hbond substituents is 3. The summed E-state index contributed by atoms with van der Waals surface area (Å²) < 4.78 is 16.6. The molecule has 4 aromatic rings. The zero-order valence-corrected chi connectivity index (χ0v) is 17.4. The molecule has 0 spiro atoms. The molecule has 1 atom stereocenters. The summed E-state index contributed by atoms with van der Waals surface area (Å²) in [5.41, 5.74) is 1.12. The Morgan fingerprint density at radius 1 is 0.939 bits per heavy atom. The van der Waals surface area contributed by atoms with Gasteiger partial charge in [-0.1, -0.05) is 6.07 Å². The molecule has 8 nitrogen and oxygen atoms in total. The minimum absolute atomic E-state index is 0.0445. The third-order valence-corrected chi connectivity index (χ3v) is 5.68. The van der Waals surface area contributed by atoms with Gasteiger partial charge in [-0.25, -0.2) is 0 Å². The van der Waals surface area contributed by atoms with Crippen LogP contribution >= 0.6 is 0 Å². The summed E-state index contributed by atoms with van der Waals surface area (Å²) in [5, 5.41) is 30.3. The maximum atomic E-state index is 13.0. The number of hydrogen-bond donors (Lipinski definition) is 3. The van der Waals surface area contributed by atoms with Gasteiger partial charge in [0.25, 0.3) is 0 Å². The largest absolute Gasteiger partial charge is 0.508 e. The lowest BCUT2D eigenvalue weighted by atomic mass is 9.85. The second kappa shape index (κ2) is 7.59. The number of fused-ring (bicyclic) bond motifs is 3. The smallest absolute Gasteiger partial charge is 0.312 e. The SMILES string of the molecule is COc1ccc([C@H]2CC(=O)Oc3cc(O)c4c(=O)cc(-c5ccc(O)cc5)oc4c32)cc1O. The van der Waals surface area contributed by atoms with Crippen molar-refractivity contribution in [3.63, 3.8) is 0 Å². The molecule has 0 fully saturated rings. The van der Waals surface area contributed by atoms with Crippen molar-refractivity contribution < 1.29 is 34.0 Å². The second-order valence-electron chi connectivity index (χ2n) is 7.70. The summed E-state index contributed by atoms with van der Waals surface area (Å²) in [6.45, 7) is 0. The van der Waals surface area contributed by atoms with Crippen molar-refractivity contribution in [1.29, 1.82) is 0 Å². The van der Waals surface area contributed by atoms with Crippen LogP contribution in [0.4, 0.5) is 0 Å². The molecule has 0 amide bonds. The fourth-order valence-corrected chi connectivity index (χ4v) is 4.14. The van der Waals surface area contributed by atoms with E-state index in [-0.39, 0.29) is 51.9 Å². The minimum Gasteiger partial charge on any atom is -0.508 e. The van der Waals surface area contributed by atoms with E-state index in [2.05, 4.69) is 0 Å². The number of methoxy groups -OCH3 is 1. The average molecular weight is 446 g/mol. The fraction of sp³-hybridized carbons (Fsp3) is 0.120. The van der Waals surface area contributed by atoms with Gasteiger partial charge in [0.2, 0.25) is 0 Å². The highest BCUT2D eigenvalue weighted by Gasteiger charge is 2.34. The van der Waals surface area contributed by atoms with Crippen LogP contribution in [0, 0.1) is 0 Å². The molecule has 2 heterocycles. The molecule has 3 N–H and O–H groups in total. The summed E-state index contributed by atoms with van der Waals surface area (Å²) in [6, 6.07) is 13.3. The number of rotatable bonds is 3. The van der Waals surface area contributed by atoms with Crippen molar-refractivity contribution in [2.24, 2.45) is 0 Å². The Bertz CT molecular complexity index is 1470. The van der Waals surface area contributed by atoms with Crippen LogP contribution in [-0.2, 0) is 4.79 Å². The first-order chi connectivity index (χ1) is 15.9. The first kappa shape index (κ1) is 20.4. The number of carbonyl (C=O) groups excluding carboxylic acids is 1. The van der Waals surface area contributed by atoms with E-state index in [1.165, 1.54) is 37.4 Å². The number of benzene rings is 3. The highest BCUT2D eigenvalue weighted by atomic mass is 16.5. The summed E-state index contributed by atoms with van der Waals surface area (Å²) in [7, 11) is 1.43. The first-order valence-electron chi connectivity index (χ1n) is 10.1. The Kier molecular flexibility index (Phi) is 4.70. The van der Waals surface area contributed by atoms with Crippen LogP contribution in [0.2, 0.25) is 0 Å². The molecule has 0 saturated heterocycles. The molecule has 0 radical (unpaired) electrons. The van der Waals surface area contributed by atoms with Crippen LogP contribution in [0.15, 0.2) is 63.8 Å². The Hall–Kier alpha value is -4.46. The van der Waals surface area contributed by atoms with E-state index in [0.29, 0.717) is 16.7 Å². The van der Waals surface area contributed by atoms with Gasteiger partial charge in [0.05, 0.1) is 13.5 Å². The van der Waals surface area contributed by atoms with Gasteiger partial charge >= 0.3 is 5.97 Å². The van der Waals surface area contributed by atoms with Crippen LogP contribution in [0.5, 0.6) is 28.7 Å². The zero-order chi connectivity index (χ0) is 23.3. The van der Waals surface area contributed by atoms with Gasteiger partial charge in [-0.3, -0.25) is 9.59 Å². The topological polar surface area (TPSA) is 126 Å². The van der Waals surface area contributed by atoms with Gasteiger partial charge in [0.1, 0.15) is 34.0 Å². The maximum Gasteiger partial charge on any atom is 0.312 e. The van der Waals surface area contributed by atoms with Crippen molar-refractivity contribution in [2.45, 2.75) is 12.3 Å². The molecule has 0 unspecified atom stereocenters. The average Bonchev–Trinajstić information content (AvgIpc) is 2.78. The van der Waals surface area contributed by atoms with Crippen LogP contribution in [0.1, 0.15) is 23.5 Å². The Labute approximate surface area is 186 Å². The molecule has 1 aliphatic rings. The summed E-state index contributed by atoms with van der Waals surface area (Å²) in [4.78, 5) is 25.3. The van der Waals surface area contributed by atoms with E-state index in [9.17, 15) is 24.9 Å². The molecule has 0 aliphatic carbocycles. The summed E-state index contributed by atoms with van der Waals surface area (Å²) in [5.74, 6) is -1.00. The normalized spacial score (nSPS) is 15.2. The van der Waals surface area contributed by atoms with E-state index < -0.39 is 17.3 Å². The quantitative estimate of drug-likeness (QED) is 0.318. The predicted octanol–water partition coefficient (Wildman–Crippen LogP) is 4.03. The van der Waals surface area contributed by atoms with E-state index in [0.717, 1.165) is 0 Å². The molecule has 8 heteroatoms. The number of ether oxygens (including phenoxy) is 2. The number of aromatic hydroxyl groups is 3. The van der Waals surface area contributed by atoms with Gasteiger partial charge in [-0.15, -0.1) is 0 Å². The van der Waals surface area contributed by atoms with Gasteiger partial charge in [-0.2, -0.15) is 0 Å². The van der Waals surface area contributed by atoms with Crippen molar-refractivity contribution in [3.05, 3.63) is 75.9 Å². The highest BCUT2D eigenvalue weighted by Crippen LogP contribution is 2.47. The minimum atomic E-state index is -0.612. The Morgan fingerprint density at radius 3 is 2.39 bits per heavy atom. The predicted molar refractivity (Wildman–Crippen MR) is 118 cm³/mol. The van der Waals surface area contributed by atoms with Gasteiger partial charge in [0, 0.05) is 29.2 Å². The van der Waals surface area contributed by atoms with Gasteiger partial charge < -0.3 is 29.2 Å². The molecular formula is C25H18O8. The molecule has 166 valence electrons. The van der Waals surface area contributed by atoms with Crippen LogP contribution in [0.3, 0.4) is 0 Å². The molecule has 33 heavy (non-hydrogen) atoms. The van der Waals surface area contributed by atoms with E-state index in [4.69, 9.17) is 13.9 Å². The van der Waals surface area contributed by atoms with Crippen LogP contribution < -0.4 is 14.9 Å². The standard InChI is InChI=1S/C25H18O8/c1-31-19-7-4-13(8-16(19)27)15-9-22(30)32-21-11-18(29)24-17(28)10-20(33-25(24)23(15)21)12-2-5-14(26)6-3-12/h2-8,10-11,15,26-27,29H,9H2,1H3/t15-/m1/s1. The number of carbonyl (C=O) groups is 1. The molecule has 5 rings (SSSR count). The van der Waals surface area contributed by atoms with Crippen LogP contribution in [0.25, 0.3) is 22.3 Å². The maximum absolute atomic E-state index is 13.0. The van der Waals surface area contributed by atoms with Gasteiger partial charge in [-0.05, 0) is 42.0 Å². The highest BCUT2D eigenvalue weighted by molar-refractivity contribution is 5.93. The Morgan fingerprint density at radius 2 is 1.70 bits per heavy atom. The van der Waals surface area contributed by atoms with Crippen LogP contribution in [-0.4, -0.2) is 28.4 Å². The van der Waals surface area contributed by atoms with E-state index >= 15 is 0 Å². The van der Waals surface area contributed by atoms with Gasteiger partial charge in [0.15, 0.2) is 16.9 Å². The third-order valence-electron chi connectivity index (χ3n) is 5.68. The molecule has 1 aromatic heterocycles. The summed E-state index contributed by atoms with van der Waals surface area (Å²) in [6.07, 6.45) is -0.0637. The van der Waals surface area contributed by atoms with Crippen molar-refractivity contribution in [3.8, 4) is 40.1 Å². The molecule has 0 bridgehead atoms. The second-order valence-corrected chi connectivity index (χ2v) is 7.70. The fourth-order valence-electron chi connectivity index (χ4n) is 4.14. The summed E-state index contributed by atoms with van der Waals surface area (Å²) >= 11 is 0. The van der Waals surface area contributed by atoms with E-state index in [1.54, 1.807) is 24.3 Å². The lowest BCUT2D eigenvalue weighted by Crippen LogP contribution is -2.22. The van der Waals surface area contributed by atoms with E-state index in [1.807, 2.05) is 0 Å². The molecule has 0 saturated carbocycles. The zero-order valence-electron chi connectivity index (χ0n) is 17.4. The van der Waals surface area contributed by atoms with Crippen molar-refractivity contribution in [2.75, 3.05) is 7.11 Å². The number of phenols is 3. The monoisotopic (exact) mass is 446 g/mol. The van der Waals surface area contributed by atoms with Crippen molar-refractivity contribution >= 4 is 16.9 Å². The number of esters is 1. The lowest BCUT2D eigenvalue weighted by Gasteiger charge is -2.26. The molecule has 3 aromatic carbocycles. The number of hydrogen-bond acceptors (Lipinski definition) is 8.